The fraction of sp³-hybridized carbons (Fsp3) is 0.316. The second-order valence-electron chi connectivity index (χ2n) is 6.16. The number of thioether (sulfide) groups is 1. The van der Waals surface area contributed by atoms with Crippen LogP contribution in [0, 0.1) is 5.82 Å². The van der Waals surface area contributed by atoms with Crippen molar-refractivity contribution in [3.63, 3.8) is 0 Å². The first-order chi connectivity index (χ1) is 12.7. The van der Waals surface area contributed by atoms with E-state index >= 15 is 0 Å². The van der Waals surface area contributed by atoms with Crippen molar-refractivity contribution in [3.8, 4) is 22.7 Å². The molecule has 7 heteroatoms. The molecule has 0 N–H and O–H groups in total. The van der Waals surface area contributed by atoms with Gasteiger partial charge in [-0.1, -0.05) is 11.8 Å². The summed E-state index contributed by atoms with van der Waals surface area (Å²) in [6.45, 7) is 1.87. The van der Waals surface area contributed by atoms with E-state index < -0.39 is 0 Å². The second-order valence-corrected chi connectivity index (χ2v) is 6.93. The van der Waals surface area contributed by atoms with Crippen molar-refractivity contribution in [1.29, 1.82) is 0 Å². The zero-order valence-corrected chi connectivity index (χ0v) is 15.3. The molecule has 2 aromatic heterocycles. The minimum Gasteiger partial charge on any atom is -0.421 e. The lowest BCUT2D eigenvalue weighted by molar-refractivity contribution is 0.497. The molecule has 3 aromatic rings. The van der Waals surface area contributed by atoms with Gasteiger partial charge in [-0.25, -0.2) is 14.4 Å². The normalized spacial score (nSPS) is 14.6. The van der Waals surface area contributed by atoms with E-state index in [1.165, 1.54) is 30.3 Å². The van der Waals surface area contributed by atoms with Crippen LogP contribution >= 0.6 is 11.8 Å². The van der Waals surface area contributed by atoms with E-state index in [-0.39, 0.29) is 5.82 Å². The standard InChI is InChI=1S/C19H19FN4OS/c1-26-18-21-10-9-15(22-18)17-16(13-5-7-14(20)8-6-13)23-19(25-17)24-11-3-2-4-12-24/h5-10H,2-4,11-12H2,1H3. The number of aromatic nitrogens is 3. The van der Waals surface area contributed by atoms with E-state index in [1.54, 1.807) is 18.3 Å². The summed E-state index contributed by atoms with van der Waals surface area (Å²) in [5.74, 6) is 0.316. The zero-order chi connectivity index (χ0) is 17.9. The van der Waals surface area contributed by atoms with E-state index in [0.717, 1.165) is 31.5 Å². The Hall–Kier alpha value is -2.41. The second kappa shape index (κ2) is 7.45. The van der Waals surface area contributed by atoms with Gasteiger partial charge in [0.05, 0.1) is 0 Å². The van der Waals surface area contributed by atoms with E-state index in [0.29, 0.717) is 28.3 Å². The molecule has 0 unspecified atom stereocenters. The van der Waals surface area contributed by atoms with E-state index in [2.05, 4.69) is 14.9 Å². The van der Waals surface area contributed by atoms with Gasteiger partial charge in [0.1, 0.15) is 17.2 Å². The SMILES string of the molecule is CSc1nccc(-c2oc(N3CCCCC3)nc2-c2ccc(F)cc2)n1. The van der Waals surface area contributed by atoms with Crippen molar-refractivity contribution in [2.75, 3.05) is 24.2 Å². The van der Waals surface area contributed by atoms with Gasteiger partial charge in [-0.3, -0.25) is 0 Å². The van der Waals surface area contributed by atoms with Crippen LogP contribution in [0.1, 0.15) is 19.3 Å². The van der Waals surface area contributed by atoms with Crippen molar-refractivity contribution >= 4 is 17.8 Å². The van der Waals surface area contributed by atoms with Gasteiger partial charge in [0.15, 0.2) is 10.9 Å². The quantitative estimate of drug-likeness (QED) is 0.492. The highest BCUT2D eigenvalue weighted by Gasteiger charge is 2.23. The molecule has 5 nitrogen and oxygen atoms in total. The molecular formula is C19H19FN4OS. The number of halogens is 1. The van der Waals surface area contributed by atoms with Crippen LogP contribution in [0.5, 0.6) is 0 Å². The van der Waals surface area contributed by atoms with Gasteiger partial charge in [0.2, 0.25) is 0 Å². The zero-order valence-electron chi connectivity index (χ0n) is 14.5. The molecule has 1 aromatic carbocycles. The fourth-order valence-corrected chi connectivity index (χ4v) is 3.43. The molecule has 0 aliphatic carbocycles. The number of hydrogen-bond donors (Lipinski definition) is 0. The Morgan fingerprint density at radius 1 is 1.04 bits per heavy atom. The molecule has 0 saturated carbocycles. The maximum Gasteiger partial charge on any atom is 0.298 e. The summed E-state index contributed by atoms with van der Waals surface area (Å²) in [6.07, 6.45) is 7.14. The molecule has 1 fully saturated rings. The predicted octanol–water partition coefficient (Wildman–Crippen LogP) is 4.65. The molecule has 134 valence electrons. The summed E-state index contributed by atoms with van der Waals surface area (Å²) >= 11 is 1.47. The van der Waals surface area contributed by atoms with Gasteiger partial charge in [0.25, 0.3) is 6.01 Å². The molecule has 0 spiro atoms. The van der Waals surface area contributed by atoms with Gasteiger partial charge < -0.3 is 9.32 Å². The lowest BCUT2D eigenvalue weighted by Crippen LogP contribution is -2.29. The molecule has 1 aliphatic rings. The van der Waals surface area contributed by atoms with Crippen molar-refractivity contribution < 1.29 is 8.81 Å². The molecule has 1 aliphatic heterocycles. The van der Waals surface area contributed by atoms with E-state index in [1.807, 2.05) is 12.3 Å². The van der Waals surface area contributed by atoms with Crippen LogP contribution in [0.2, 0.25) is 0 Å². The number of nitrogens with zero attached hydrogens (tertiary/aromatic N) is 4. The van der Waals surface area contributed by atoms with Crippen molar-refractivity contribution in [2.45, 2.75) is 24.4 Å². The average Bonchev–Trinajstić information content (AvgIpc) is 3.15. The number of rotatable bonds is 4. The molecule has 3 heterocycles. The number of anilines is 1. The Labute approximate surface area is 155 Å². The summed E-state index contributed by atoms with van der Waals surface area (Å²) < 4.78 is 19.5. The van der Waals surface area contributed by atoms with Gasteiger partial charge in [-0.15, -0.1) is 0 Å². The van der Waals surface area contributed by atoms with Crippen LogP contribution in [0.3, 0.4) is 0 Å². The Balaban J connectivity index is 1.81. The third-order valence-electron chi connectivity index (χ3n) is 4.41. The summed E-state index contributed by atoms with van der Waals surface area (Å²) in [5, 5.41) is 0.670. The van der Waals surface area contributed by atoms with Gasteiger partial charge in [-0.05, 0) is 55.9 Å². The first-order valence-corrected chi connectivity index (χ1v) is 9.86. The lowest BCUT2D eigenvalue weighted by Gasteiger charge is -2.24. The molecule has 0 amide bonds. The monoisotopic (exact) mass is 370 g/mol. The summed E-state index contributed by atoms with van der Waals surface area (Å²) in [6, 6.07) is 8.71. The van der Waals surface area contributed by atoms with Crippen molar-refractivity contribution in [1.82, 2.24) is 15.0 Å². The van der Waals surface area contributed by atoms with Crippen LogP contribution < -0.4 is 4.90 Å². The van der Waals surface area contributed by atoms with Crippen LogP contribution in [0.4, 0.5) is 10.4 Å². The van der Waals surface area contributed by atoms with E-state index in [9.17, 15) is 4.39 Å². The Morgan fingerprint density at radius 3 is 2.54 bits per heavy atom. The summed E-state index contributed by atoms with van der Waals surface area (Å²) in [5.41, 5.74) is 2.16. The Morgan fingerprint density at radius 2 is 1.81 bits per heavy atom. The number of oxazole rings is 1. The van der Waals surface area contributed by atoms with Crippen molar-refractivity contribution in [2.24, 2.45) is 0 Å². The first-order valence-electron chi connectivity index (χ1n) is 8.64. The number of benzene rings is 1. The lowest BCUT2D eigenvalue weighted by atomic mass is 10.1. The van der Waals surface area contributed by atoms with Gasteiger partial charge >= 0.3 is 0 Å². The van der Waals surface area contributed by atoms with Crippen LogP contribution in [-0.2, 0) is 0 Å². The topological polar surface area (TPSA) is 55.1 Å². The van der Waals surface area contributed by atoms with Crippen LogP contribution in [-0.4, -0.2) is 34.3 Å². The molecule has 26 heavy (non-hydrogen) atoms. The van der Waals surface area contributed by atoms with E-state index in [4.69, 9.17) is 9.40 Å². The molecule has 0 radical (unpaired) electrons. The average molecular weight is 370 g/mol. The maximum atomic E-state index is 13.3. The summed E-state index contributed by atoms with van der Waals surface area (Å²) in [4.78, 5) is 15.7. The van der Waals surface area contributed by atoms with Gasteiger partial charge in [-0.2, -0.15) is 4.98 Å². The molecule has 4 rings (SSSR count). The molecule has 1 saturated heterocycles. The molecule has 0 bridgehead atoms. The molecular weight excluding hydrogens is 351 g/mol. The smallest absolute Gasteiger partial charge is 0.298 e. The third-order valence-corrected chi connectivity index (χ3v) is 4.97. The predicted molar refractivity (Wildman–Crippen MR) is 101 cm³/mol. The van der Waals surface area contributed by atoms with Crippen LogP contribution in [0.25, 0.3) is 22.7 Å². The highest BCUT2D eigenvalue weighted by Crippen LogP contribution is 2.35. The first kappa shape index (κ1) is 17.0. The minimum absolute atomic E-state index is 0.276. The third kappa shape index (κ3) is 3.44. The van der Waals surface area contributed by atoms with Gasteiger partial charge in [0, 0.05) is 24.8 Å². The van der Waals surface area contributed by atoms with Crippen LogP contribution in [0.15, 0.2) is 46.1 Å². The largest absolute Gasteiger partial charge is 0.421 e. The highest BCUT2D eigenvalue weighted by atomic mass is 32.2. The molecule has 0 atom stereocenters. The fourth-order valence-electron chi connectivity index (χ4n) is 3.07. The minimum atomic E-state index is -0.276. The maximum absolute atomic E-state index is 13.3. The Kier molecular flexibility index (Phi) is 4.88. The number of piperidine rings is 1. The van der Waals surface area contributed by atoms with Crippen molar-refractivity contribution in [3.05, 3.63) is 42.3 Å². The Bertz CT molecular complexity index is 891. The number of hydrogen-bond acceptors (Lipinski definition) is 6. The highest BCUT2D eigenvalue weighted by molar-refractivity contribution is 7.98. The summed E-state index contributed by atoms with van der Waals surface area (Å²) in [7, 11) is 0.